The van der Waals surface area contributed by atoms with Crippen LogP contribution in [0.1, 0.15) is 30.1 Å². The van der Waals surface area contributed by atoms with Crippen LogP contribution in [0.5, 0.6) is 0 Å². The highest BCUT2D eigenvalue weighted by atomic mass is 19.1. The summed E-state index contributed by atoms with van der Waals surface area (Å²) in [7, 11) is 0. The molecule has 3 N–H and O–H groups in total. The summed E-state index contributed by atoms with van der Waals surface area (Å²) in [5.74, 6) is 0.263. The number of carbonyl (C=O) groups excluding carboxylic acids is 1. The van der Waals surface area contributed by atoms with Crippen molar-refractivity contribution in [1.82, 2.24) is 5.32 Å². The normalized spacial score (nSPS) is 16.6. The zero-order valence-electron chi connectivity index (χ0n) is 9.87. The summed E-state index contributed by atoms with van der Waals surface area (Å²) in [4.78, 5) is 11.7. The van der Waals surface area contributed by atoms with Crippen molar-refractivity contribution < 1.29 is 9.18 Å². The summed E-state index contributed by atoms with van der Waals surface area (Å²) in [5.41, 5.74) is 5.81. The number of halogens is 1. The molecule has 3 nitrogen and oxygen atoms in total. The number of benzene rings is 1. The molecule has 0 bridgehead atoms. The molecule has 0 aliphatic heterocycles. The largest absolute Gasteiger partial charge is 0.399 e. The van der Waals surface area contributed by atoms with Crippen LogP contribution in [0, 0.1) is 17.7 Å². The lowest BCUT2D eigenvalue weighted by molar-refractivity contribution is 0.0942. The van der Waals surface area contributed by atoms with E-state index in [0.717, 1.165) is 5.92 Å². The molecule has 1 unspecified atom stereocenters. The Morgan fingerprint density at radius 2 is 2.29 bits per heavy atom. The zero-order valence-corrected chi connectivity index (χ0v) is 9.87. The van der Waals surface area contributed by atoms with Gasteiger partial charge in [0, 0.05) is 12.2 Å². The summed E-state index contributed by atoms with van der Waals surface area (Å²) < 4.78 is 13.5. The van der Waals surface area contributed by atoms with Gasteiger partial charge in [-0.1, -0.05) is 6.92 Å². The van der Waals surface area contributed by atoms with E-state index in [1.54, 1.807) is 0 Å². The summed E-state index contributed by atoms with van der Waals surface area (Å²) >= 11 is 0. The van der Waals surface area contributed by atoms with Gasteiger partial charge in [0.05, 0.1) is 5.56 Å². The molecule has 17 heavy (non-hydrogen) atoms. The highest BCUT2D eigenvalue weighted by Crippen LogP contribution is 2.36. The molecule has 0 saturated heterocycles. The first-order valence-electron chi connectivity index (χ1n) is 5.91. The fourth-order valence-corrected chi connectivity index (χ4v) is 1.90. The van der Waals surface area contributed by atoms with Gasteiger partial charge in [0.1, 0.15) is 5.82 Å². The summed E-state index contributed by atoms with van der Waals surface area (Å²) in [6, 6.07) is 4.11. The van der Waals surface area contributed by atoms with Crippen molar-refractivity contribution in [1.29, 1.82) is 0 Å². The molecule has 1 atom stereocenters. The Kier molecular flexibility index (Phi) is 3.31. The zero-order chi connectivity index (χ0) is 12.4. The quantitative estimate of drug-likeness (QED) is 0.787. The molecule has 0 aromatic heterocycles. The van der Waals surface area contributed by atoms with Crippen LogP contribution in [0.3, 0.4) is 0 Å². The van der Waals surface area contributed by atoms with Crippen LogP contribution in [-0.2, 0) is 0 Å². The molecule has 1 aliphatic carbocycles. The number of nitrogens with two attached hydrogens (primary N) is 1. The second kappa shape index (κ2) is 4.73. The third-order valence-corrected chi connectivity index (χ3v) is 3.25. The lowest BCUT2D eigenvalue weighted by Gasteiger charge is -2.11. The molecule has 1 aromatic rings. The van der Waals surface area contributed by atoms with Gasteiger partial charge < -0.3 is 11.1 Å². The monoisotopic (exact) mass is 236 g/mol. The average Bonchev–Trinajstić information content (AvgIpc) is 3.09. The van der Waals surface area contributed by atoms with Gasteiger partial charge in [-0.15, -0.1) is 0 Å². The molecule has 0 heterocycles. The average molecular weight is 236 g/mol. The molecule has 92 valence electrons. The molecule has 0 radical (unpaired) electrons. The predicted molar refractivity (Wildman–Crippen MR) is 65.0 cm³/mol. The lowest BCUT2D eigenvalue weighted by atomic mass is 10.1. The minimum Gasteiger partial charge on any atom is -0.399 e. The van der Waals surface area contributed by atoms with E-state index in [9.17, 15) is 9.18 Å². The van der Waals surface area contributed by atoms with Gasteiger partial charge in [-0.2, -0.15) is 0 Å². The van der Waals surface area contributed by atoms with Crippen LogP contribution in [0.2, 0.25) is 0 Å². The van der Waals surface area contributed by atoms with Crippen LogP contribution in [0.25, 0.3) is 0 Å². The Labute approximate surface area is 100 Å². The van der Waals surface area contributed by atoms with E-state index in [0.29, 0.717) is 18.2 Å². The SMILES string of the molecule is CC(CNC(=O)c1ccc(N)cc1F)C1CC1. The van der Waals surface area contributed by atoms with E-state index in [1.807, 2.05) is 0 Å². The first-order chi connectivity index (χ1) is 8.08. The number of nitrogen functional groups attached to an aromatic ring is 1. The molecule has 1 aliphatic rings. The summed E-state index contributed by atoms with van der Waals surface area (Å²) in [6.07, 6.45) is 2.49. The Morgan fingerprint density at radius 3 is 2.88 bits per heavy atom. The molecular formula is C13H17FN2O. The lowest BCUT2D eigenvalue weighted by Crippen LogP contribution is -2.29. The fourth-order valence-electron chi connectivity index (χ4n) is 1.90. The molecule has 1 saturated carbocycles. The van der Waals surface area contributed by atoms with Crippen LogP contribution in [-0.4, -0.2) is 12.5 Å². The van der Waals surface area contributed by atoms with Crippen LogP contribution in [0.15, 0.2) is 18.2 Å². The minimum absolute atomic E-state index is 0.0576. The third-order valence-electron chi connectivity index (χ3n) is 3.25. The Morgan fingerprint density at radius 1 is 1.59 bits per heavy atom. The van der Waals surface area contributed by atoms with Gasteiger partial charge in [0.15, 0.2) is 0 Å². The minimum atomic E-state index is -0.568. The topological polar surface area (TPSA) is 55.1 Å². The molecule has 0 spiro atoms. The molecule has 1 aromatic carbocycles. The number of hydrogen-bond acceptors (Lipinski definition) is 2. The van der Waals surface area contributed by atoms with Gasteiger partial charge in [-0.25, -0.2) is 4.39 Å². The predicted octanol–water partition coefficient (Wildman–Crippen LogP) is 2.18. The van der Waals surface area contributed by atoms with E-state index < -0.39 is 5.82 Å². The van der Waals surface area contributed by atoms with E-state index in [1.165, 1.54) is 31.0 Å². The second-order valence-corrected chi connectivity index (χ2v) is 4.76. The first-order valence-corrected chi connectivity index (χ1v) is 5.91. The first kappa shape index (κ1) is 11.9. The Hall–Kier alpha value is -1.58. The molecule has 4 heteroatoms. The maximum atomic E-state index is 13.5. The smallest absolute Gasteiger partial charge is 0.254 e. The highest BCUT2D eigenvalue weighted by molar-refractivity contribution is 5.94. The standard InChI is InChI=1S/C13H17FN2O/c1-8(9-2-3-9)7-16-13(17)11-5-4-10(15)6-12(11)14/h4-6,8-9H,2-3,7,15H2,1H3,(H,16,17). The third kappa shape index (κ3) is 2.96. The molecular weight excluding hydrogens is 219 g/mol. The number of rotatable bonds is 4. The number of carbonyl (C=O) groups is 1. The summed E-state index contributed by atoms with van der Waals surface area (Å²) in [5, 5.41) is 2.76. The van der Waals surface area contributed by atoms with E-state index in [2.05, 4.69) is 12.2 Å². The van der Waals surface area contributed by atoms with Gasteiger partial charge in [-0.3, -0.25) is 4.79 Å². The fraction of sp³-hybridized carbons (Fsp3) is 0.462. The van der Waals surface area contributed by atoms with Gasteiger partial charge in [0.25, 0.3) is 5.91 Å². The van der Waals surface area contributed by atoms with E-state index in [-0.39, 0.29) is 11.5 Å². The van der Waals surface area contributed by atoms with Crippen LogP contribution < -0.4 is 11.1 Å². The van der Waals surface area contributed by atoms with Gasteiger partial charge in [0.2, 0.25) is 0 Å². The molecule has 1 amide bonds. The Balaban J connectivity index is 1.94. The van der Waals surface area contributed by atoms with Gasteiger partial charge >= 0.3 is 0 Å². The number of amides is 1. The van der Waals surface area contributed by atoms with E-state index >= 15 is 0 Å². The van der Waals surface area contributed by atoms with Crippen molar-refractivity contribution in [2.75, 3.05) is 12.3 Å². The maximum Gasteiger partial charge on any atom is 0.254 e. The number of hydrogen-bond donors (Lipinski definition) is 2. The second-order valence-electron chi connectivity index (χ2n) is 4.76. The van der Waals surface area contributed by atoms with Crippen molar-refractivity contribution in [2.45, 2.75) is 19.8 Å². The maximum absolute atomic E-state index is 13.5. The highest BCUT2D eigenvalue weighted by Gasteiger charge is 2.28. The molecule has 2 rings (SSSR count). The van der Waals surface area contributed by atoms with Crippen LogP contribution in [0.4, 0.5) is 10.1 Å². The van der Waals surface area contributed by atoms with Crippen molar-refractivity contribution in [3.8, 4) is 0 Å². The van der Waals surface area contributed by atoms with E-state index in [4.69, 9.17) is 5.73 Å². The van der Waals surface area contributed by atoms with Crippen molar-refractivity contribution >= 4 is 11.6 Å². The van der Waals surface area contributed by atoms with Gasteiger partial charge in [-0.05, 0) is 42.9 Å². The number of anilines is 1. The number of nitrogens with one attached hydrogen (secondary N) is 1. The van der Waals surface area contributed by atoms with Crippen molar-refractivity contribution in [3.63, 3.8) is 0 Å². The molecule has 1 fully saturated rings. The van der Waals surface area contributed by atoms with Crippen molar-refractivity contribution in [2.24, 2.45) is 11.8 Å². The Bertz CT molecular complexity index is 429. The summed E-state index contributed by atoms with van der Waals surface area (Å²) in [6.45, 7) is 2.71. The van der Waals surface area contributed by atoms with Crippen LogP contribution >= 0.6 is 0 Å². The van der Waals surface area contributed by atoms with Crippen molar-refractivity contribution in [3.05, 3.63) is 29.6 Å².